The highest BCUT2D eigenvalue weighted by Crippen LogP contribution is 2.24. The van der Waals surface area contributed by atoms with Gasteiger partial charge in [0, 0.05) is 21.6 Å². The Labute approximate surface area is 112 Å². The Morgan fingerprint density at radius 2 is 2.11 bits per heavy atom. The number of H-pyrrole nitrogens is 1. The highest BCUT2D eigenvalue weighted by molar-refractivity contribution is 9.10. The van der Waals surface area contributed by atoms with Crippen LogP contribution in [0.2, 0.25) is 0 Å². The smallest absolute Gasteiger partial charge is 0.230 e. The van der Waals surface area contributed by atoms with E-state index in [0.29, 0.717) is 11.3 Å². The molecule has 0 aliphatic rings. The minimum atomic E-state index is -0.100. The van der Waals surface area contributed by atoms with E-state index in [-0.39, 0.29) is 5.78 Å². The summed E-state index contributed by atoms with van der Waals surface area (Å²) in [5.74, 6) is 1.01. The van der Waals surface area contributed by atoms with Crippen LogP contribution in [0.25, 0.3) is 10.9 Å². The van der Waals surface area contributed by atoms with Crippen molar-refractivity contribution in [3.8, 4) is 0 Å². The van der Waals surface area contributed by atoms with Gasteiger partial charge in [-0.1, -0.05) is 22.0 Å². The van der Waals surface area contributed by atoms with E-state index >= 15 is 0 Å². The summed E-state index contributed by atoms with van der Waals surface area (Å²) in [7, 11) is 0. The fourth-order valence-electron chi connectivity index (χ4n) is 1.98. The second-order valence-corrected chi connectivity index (χ2v) is 5.05. The molecule has 1 aromatic carbocycles. The number of halogens is 1. The molecule has 0 radical (unpaired) electrons. The minimum absolute atomic E-state index is 0.100. The van der Waals surface area contributed by atoms with Crippen LogP contribution in [0, 0.1) is 6.92 Å². The topological polar surface area (TPSA) is 46.0 Å². The fraction of sp³-hybridized carbons (Fsp3) is 0.0714. The van der Waals surface area contributed by atoms with Gasteiger partial charge in [0.1, 0.15) is 5.76 Å². The van der Waals surface area contributed by atoms with Crippen molar-refractivity contribution in [3.63, 3.8) is 0 Å². The highest BCUT2D eigenvalue weighted by atomic mass is 79.9. The van der Waals surface area contributed by atoms with Crippen molar-refractivity contribution < 1.29 is 9.21 Å². The van der Waals surface area contributed by atoms with Gasteiger partial charge in [0.15, 0.2) is 5.76 Å². The Morgan fingerprint density at radius 1 is 1.28 bits per heavy atom. The Hall–Kier alpha value is -1.81. The average molecular weight is 304 g/mol. The number of ketones is 1. The zero-order valence-corrected chi connectivity index (χ0v) is 11.2. The van der Waals surface area contributed by atoms with Gasteiger partial charge in [-0.3, -0.25) is 4.79 Å². The van der Waals surface area contributed by atoms with E-state index in [1.165, 1.54) is 0 Å². The molecule has 0 saturated carbocycles. The first-order chi connectivity index (χ1) is 8.65. The number of benzene rings is 1. The maximum Gasteiger partial charge on any atom is 0.230 e. The van der Waals surface area contributed by atoms with E-state index in [0.717, 1.165) is 21.1 Å². The van der Waals surface area contributed by atoms with E-state index in [1.54, 1.807) is 18.3 Å². The molecule has 18 heavy (non-hydrogen) atoms. The van der Waals surface area contributed by atoms with Crippen LogP contribution in [0.15, 0.2) is 45.4 Å². The SMILES string of the molecule is Cc1ccc(C(=O)c2c[nH]c3cc(Br)ccc23)o1. The van der Waals surface area contributed by atoms with Gasteiger partial charge >= 0.3 is 0 Å². The number of fused-ring (bicyclic) bond motifs is 1. The lowest BCUT2D eigenvalue weighted by atomic mass is 10.1. The number of carbonyl (C=O) groups is 1. The van der Waals surface area contributed by atoms with Gasteiger partial charge in [-0.2, -0.15) is 0 Å². The normalized spacial score (nSPS) is 11.0. The van der Waals surface area contributed by atoms with E-state index in [4.69, 9.17) is 4.42 Å². The predicted molar refractivity (Wildman–Crippen MR) is 72.9 cm³/mol. The van der Waals surface area contributed by atoms with Crippen LogP contribution in [-0.2, 0) is 0 Å². The van der Waals surface area contributed by atoms with Crippen molar-refractivity contribution >= 4 is 32.6 Å². The molecule has 0 bridgehead atoms. The molecule has 0 spiro atoms. The summed E-state index contributed by atoms with van der Waals surface area (Å²) in [5.41, 5.74) is 1.56. The van der Waals surface area contributed by atoms with Crippen molar-refractivity contribution in [2.75, 3.05) is 0 Å². The third-order valence-electron chi connectivity index (χ3n) is 2.85. The van der Waals surface area contributed by atoms with Crippen molar-refractivity contribution in [1.29, 1.82) is 0 Å². The molecule has 0 aliphatic heterocycles. The zero-order chi connectivity index (χ0) is 12.7. The summed E-state index contributed by atoms with van der Waals surface area (Å²) in [4.78, 5) is 15.4. The summed E-state index contributed by atoms with van der Waals surface area (Å²) in [6, 6.07) is 9.27. The summed E-state index contributed by atoms with van der Waals surface area (Å²) in [6.45, 7) is 1.82. The van der Waals surface area contributed by atoms with Crippen LogP contribution >= 0.6 is 15.9 Å². The molecule has 0 saturated heterocycles. The Kier molecular flexibility index (Phi) is 2.59. The predicted octanol–water partition coefficient (Wildman–Crippen LogP) is 4.06. The molecular weight excluding hydrogens is 294 g/mol. The van der Waals surface area contributed by atoms with Crippen LogP contribution in [0.1, 0.15) is 21.9 Å². The van der Waals surface area contributed by atoms with Gasteiger partial charge in [-0.25, -0.2) is 0 Å². The standard InChI is InChI=1S/C14H10BrNO2/c1-8-2-5-13(18-8)14(17)11-7-16-12-6-9(15)3-4-10(11)12/h2-7,16H,1H3. The number of furan rings is 1. The molecule has 2 heterocycles. The van der Waals surface area contributed by atoms with Crippen LogP contribution < -0.4 is 0 Å². The van der Waals surface area contributed by atoms with Gasteiger partial charge in [-0.15, -0.1) is 0 Å². The lowest BCUT2D eigenvalue weighted by Gasteiger charge is -1.96. The van der Waals surface area contributed by atoms with Gasteiger partial charge in [0.25, 0.3) is 0 Å². The lowest BCUT2D eigenvalue weighted by molar-refractivity contribution is 0.101. The lowest BCUT2D eigenvalue weighted by Crippen LogP contribution is -1.98. The zero-order valence-electron chi connectivity index (χ0n) is 9.66. The average Bonchev–Trinajstić information content (AvgIpc) is 2.94. The molecular formula is C14H10BrNO2. The molecule has 0 aliphatic carbocycles. The number of aryl methyl sites for hydroxylation is 1. The summed E-state index contributed by atoms with van der Waals surface area (Å²) in [6.07, 6.45) is 1.72. The number of carbonyl (C=O) groups excluding carboxylic acids is 1. The van der Waals surface area contributed by atoms with E-state index < -0.39 is 0 Å². The van der Waals surface area contributed by atoms with Crippen LogP contribution in [0.5, 0.6) is 0 Å². The van der Waals surface area contributed by atoms with Gasteiger partial charge in [0.05, 0.1) is 5.56 Å². The molecule has 0 fully saturated rings. The molecule has 3 rings (SSSR count). The quantitative estimate of drug-likeness (QED) is 0.726. The molecule has 90 valence electrons. The molecule has 0 amide bonds. The van der Waals surface area contributed by atoms with Gasteiger partial charge < -0.3 is 9.40 Å². The number of aromatic amines is 1. The van der Waals surface area contributed by atoms with Crippen molar-refractivity contribution in [1.82, 2.24) is 4.98 Å². The first-order valence-corrected chi connectivity index (χ1v) is 6.32. The Balaban J connectivity index is 2.12. The molecule has 0 unspecified atom stereocenters. The van der Waals surface area contributed by atoms with E-state index in [2.05, 4.69) is 20.9 Å². The number of hydrogen-bond acceptors (Lipinski definition) is 2. The summed E-state index contributed by atoms with van der Waals surface area (Å²) < 4.78 is 6.35. The molecule has 2 aromatic heterocycles. The summed E-state index contributed by atoms with van der Waals surface area (Å²) >= 11 is 3.40. The molecule has 3 nitrogen and oxygen atoms in total. The monoisotopic (exact) mass is 303 g/mol. The van der Waals surface area contributed by atoms with E-state index in [9.17, 15) is 4.79 Å². The largest absolute Gasteiger partial charge is 0.458 e. The Bertz CT molecular complexity index is 739. The van der Waals surface area contributed by atoms with Gasteiger partial charge in [-0.05, 0) is 31.2 Å². The highest BCUT2D eigenvalue weighted by Gasteiger charge is 2.17. The molecule has 4 heteroatoms. The second-order valence-electron chi connectivity index (χ2n) is 4.13. The Morgan fingerprint density at radius 3 is 2.83 bits per heavy atom. The second kappa shape index (κ2) is 4.14. The summed E-state index contributed by atoms with van der Waals surface area (Å²) in [5, 5.41) is 0.900. The maximum absolute atomic E-state index is 12.3. The first-order valence-electron chi connectivity index (χ1n) is 5.53. The molecule has 1 N–H and O–H groups in total. The third kappa shape index (κ3) is 1.78. The maximum atomic E-state index is 12.3. The van der Waals surface area contributed by atoms with E-state index in [1.807, 2.05) is 25.1 Å². The number of nitrogens with one attached hydrogen (secondary N) is 1. The fourth-order valence-corrected chi connectivity index (χ4v) is 2.34. The molecule has 0 atom stereocenters. The van der Waals surface area contributed by atoms with Crippen LogP contribution in [0.4, 0.5) is 0 Å². The third-order valence-corrected chi connectivity index (χ3v) is 3.35. The first kappa shape index (κ1) is 11.3. The minimum Gasteiger partial charge on any atom is -0.458 e. The van der Waals surface area contributed by atoms with Crippen molar-refractivity contribution in [2.24, 2.45) is 0 Å². The number of hydrogen-bond donors (Lipinski definition) is 1. The van der Waals surface area contributed by atoms with Gasteiger partial charge in [0.2, 0.25) is 5.78 Å². The van der Waals surface area contributed by atoms with Crippen LogP contribution in [0.3, 0.4) is 0 Å². The molecule has 3 aromatic rings. The van der Waals surface area contributed by atoms with Crippen molar-refractivity contribution in [2.45, 2.75) is 6.92 Å². The van der Waals surface area contributed by atoms with Crippen molar-refractivity contribution in [3.05, 3.63) is 58.1 Å². The number of aromatic nitrogens is 1. The number of rotatable bonds is 2. The van der Waals surface area contributed by atoms with Crippen LogP contribution in [-0.4, -0.2) is 10.8 Å².